The number of carbonyl (C=O) groups excluding carboxylic acids is 1. The van der Waals surface area contributed by atoms with Crippen LogP contribution in [0, 0.1) is 18.8 Å². The lowest BCUT2D eigenvalue weighted by Crippen LogP contribution is -2.33. The summed E-state index contributed by atoms with van der Waals surface area (Å²) in [7, 11) is 2.22. The molecule has 0 bridgehead atoms. The van der Waals surface area contributed by atoms with Crippen molar-refractivity contribution in [2.24, 2.45) is 11.8 Å². The quantitative estimate of drug-likeness (QED) is 0.678. The van der Waals surface area contributed by atoms with E-state index in [1.165, 1.54) is 11.1 Å². The second kappa shape index (κ2) is 6.43. The van der Waals surface area contributed by atoms with Crippen molar-refractivity contribution in [1.82, 2.24) is 14.8 Å². The molecule has 5 heteroatoms. The van der Waals surface area contributed by atoms with Gasteiger partial charge in [0.25, 0.3) is 5.91 Å². The predicted molar refractivity (Wildman–Crippen MR) is 109 cm³/mol. The van der Waals surface area contributed by atoms with Crippen molar-refractivity contribution in [3.05, 3.63) is 64.7 Å². The number of likely N-dealkylation sites (tertiary alicyclic amines) is 2. The number of thiazole rings is 1. The van der Waals surface area contributed by atoms with Gasteiger partial charge in [0.15, 0.2) is 0 Å². The summed E-state index contributed by atoms with van der Waals surface area (Å²) in [5.74, 6) is 1.19. The fraction of sp³-hybridized carbons (Fsp3) is 0.364. The number of aromatic nitrogens is 1. The maximum atomic E-state index is 13.1. The van der Waals surface area contributed by atoms with Crippen LogP contribution in [0.1, 0.15) is 27.5 Å². The molecule has 2 aromatic carbocycles. The molecular weight excluding hydrogens is 354 g/mol. The topological polar surface area (TPSA) is 36.4 Å². The molecule has 2 aliphatic heterocycles. The van der Waals surface area contributed by atoms with Gasteiger partial charge in [-0.15, -0.1) is 11.3 Å². The molecule has 2 saturated heterocycles. The van der Waals surface area contributed by atoms with Gasteiger partial charge in [-0.1, -0.05) is 24.3 Å². The zero-order valence-electron chi connectivity index (χ0n) is 15.6. The van der Waals surface area contributed by atoms with Crippen LogP contribution in [-0.2, 0) is 0 Å². The van der Waals surface area contributed by atoms with Crippen LogP contribution >= 0.6 is 11.3 Å². The van der Waals surface area contributed by atoms with E-state index in [9.17, 15) is 4.79 Å². The largest absolute Gasteiger partial charge is 0.338 e. The van der Waals surface area contributed by atoms with E-state index in [1.54, 1.807) is 11.3 Å². The van der Waals surface area contributed by atoms with Gasteiger partial charge in [0, 0.05) is 37.2 Å². The van der Waals surface area contributed by atoms with E-state index in [-0.39, 0.29) is 5.91 Å². The van der Waals surface area contributed by atoms with Gasteiger partial charge in [-0.25, -0.2) is 4.98 Å². The summed E-state index contributed by atoms with van der Waals surface area (Å²) in [6.07, 6.45) is 0. The first-order valence-electron chi connectivity index (χ1n) is 9.50. The second-order valence-corrected chi connectivity index (χ2v) is 8.80. The summed E-state index contributed by atoms with van der Waals surface area (Å²) in [6.45, 7) is 4.93. The molecule has 3 atom stereocenters. The van der Waals surface area contributed by atoms with Crippen LogP contribution in [0.2, 0.25) is 0 Å². The summed E-state index contributed by atoms with van der Waals surface area (Å²) in [4.78, 5) is 22.0. The summed E-state index contributed by atoms with van der Waals surface area (Å²) in [6, 6.07) is 15.0. The number of fused-ring (bicyclic) bond motifs is 2. The minimum absolute atomic E-state index is 0.144. The maximum Gasteiger partial charge on any atom is 0.253 e. The highest BCUT2D eigenvalue weighted by molar-refractivity contribution is 7.16. The van der Waals surface area contributed by atoms with Crippen molar-refractivity contribution < 1.29 is 4.79 Å². The minimum atomic E-state index is 0.144. The number of benzene rings is 2. The van der Waals surface area contributed by atoms with E-state index in [0.29, 0.717) is 17.9 Å². The fourth-order valence-electron chi connectivity index (χ4n) is 4.98. The van der Waals surface area contributed by atoms with Gasteiger partial charge in [-0.3, -0.25) is 9.69 Å². The maximum absolute atomic E-state index is 13.1. The van der Waals surface area contributed by atoms with Gasteiger partial charge >= 0.3 is 0 Å². The Labute approximate surface area is 163 Å². The van der Waals surface area contributed by atoms with E-state index in [1.807, 2.05) is 23.7 Å². The molecule has 0 spiro atoms. The smallest absolute Gasteiger partial charge is 0.253 e. The number of hydrogen-bond acceptors (Lipinski definition) is 4. The van der Waals surface area contributed by atoms with Crippen molar-refractivity contribution in [2.75, 3.05) is 26.7 Å². The van der Waals surface area contributed by atoms with Gasteiger partial charge < -0.3 is 4.90 Å². The number of rotatable bonds is 2. The predicted octanol–water partition coefficient (Wildman–Crippen LogP) is 3.98. The SMILES string of the molecule is Cc1ccccc1[C@H]1[C@@H]2CN(C(=O)c3ccc4scnc4c3)C[C@@H]2CN1C. The third kappa shape index (κ3) is 2.77. The van der Waals surface area contributed by atoms with Crippen molar-refractivity contribution >= 4 is 27.5 Å². The lowest BCUT2D eigenvalue weighted by atomic mass is 9.88. The molecule has 0 saturated carbocycles. The highest BCUT2D eigenvalue weighted by Crippen LogP contribution is 2.45. The van der Waals surface area contributed by atoms with Crippen LogP contribution in [0.5, 0.6) is 0 Å². The molecule has 27 heavy (non-hydrogen) atoms. The van der Waals surface area contributed by atoms with Crippen molar-refractivity contribution in [3.8, 4) is 0 Å². The van der Waals surface area contributed by atoms with Gasteiger partial charge in [0.05, 0.1) is 15.7 Å². The zero-order valence-corrected chi connectivity index (χ0v) is 16.4. The van der Waals surface area contributed by atoms with Crippen molar-refractivity contribution in [2.45, 2.75) is 13.0 Å². The minimum Gasteiger partial charge on any atom is -0.338 e. The summed E-state index contributed by atoms with van der Waals surface area (Å²) in [5, 5.41) is 0. The van der Waals surface area contributed by atoms with E-state index in [2.05, 4.69) is 53.0 Å². The standard InChI is InChI=1S/C22H23N3OS/c1-14-5-3-4-6-17(14)21-18-12-25(11-16(18)10-24(21)2)22(26)15-7-8-20-19(9-15)23-13-27-20/h3-9,13,16,18,21H,10-12H2,1-2H3/t16-,18+,21-/m0/s1. The van der Waals surface area contributed by atoms with Gasteiger partial charge in [-0.2, -0.15) is 0 Å². The van der Waals surface area contributed by atoms with Crippen LogP contribution in [-0.4, -0.2) is 47.4 Å². The number of hydrogen-bond donors (Lipinski definition) is 0. The molecule has 138 valence electrons. The molecule has 3 heterocycles. The number of nitrogens with zero attached hydrogens (tertiary/aromatic N) is 3. The lowest BCUT2D eigenvalue weighted by molar-refractivity contribution is 0.0768. The Morgan fingerprint density at radius 2 is 2.00 bits per heavy atom. The van der Waals surface area contributed by atoms with Crippen LogP contribution in [0.4, 0.5) is 0 Å². The van der Waals surface area contributed by atoms with Crippen molar-refractivity contribution in [3.63, 3.8) is 0 Å². The average Bonchev–Trinajstić information content (AvgIpc) is 3.35. The molecule has 1 amide bonds. The second-order valence-electron chi connectivity index (χ2n) is 7.91. The molecule has 4 nitrogen and oxygen atoms in total. The first kappa shape index (κ1) is 16.9. The Balaban J connectivity index is 1.40. The first-order valence-corrected chi connectivity index (χ1v) is 10.4. The molecule has 2 fully saturated rings. The molecule has 5 rings (SSSR count). The first-order chi connectivity index (χ1) is 13.1. The van der Waals surface area contributed by atoms with Crippen molar-refractivity contribution in [1.29, 1.82) is 0 Å². The zero-order chi connectivity index (χ0) is 18.5. The Hall–Kier alpha value is -2.24. The van der Waals surface area contributed by atoms with Crippen LogP contribution in [0.3, 0.4) is 0 Å². The lowest BCUT2D eigenvalue weighted by Gasteiger charge is -2.28. The average molecular weight is 378 g/mol. The third-order valence-electron chi connectivity index (χ3n) is 6.27. The van der Waals surface area contributed by atoms with Gasteiger partial charge in [0.1, 0.15) is 0 Å². The highest BCUT2D eigenvalue weighted by atomic mass is 32.1. The van der Waals surface area contributed by atoms with Crippen LogP contribution in [0.25, 0.3) is 10.2 Å². The van der Waals surface area contributed by atoms with E-state index in [4.69, 9.17) is 0 Å². The summed E-state index contributed by atoms with van der Waals surface area (Å²) < 4.78 is 1.13. The monoisotopic (exact) mass is 377 g/mol. The third-order valence-corrected chi connectivity index (χ3v) is 7.08. The Bertz CT molecular complexity index is 1010. The molecule has 3 aromatic rings. The molecule has 2 aliphatic rings. The van der Waals surface area contributed by atoms with E-state index >= 15 is 0 Å². The highest BCUT2D eigenvalue weighted by Gasteiger charge is 2.47. The number of aryl methyl sites for hydroxylation is 1. The Morgan fingerprint density at radius 3 is 2.85 bits per heavy atom. The Kier molecular flexibility index (Phi) is 4.02. The molecule has 0 radical (unpaired) electrons. The van der Waals surface area contributed by atoms with Crippen LogP contribution in [0.15, 0.2) is 48.0 Å². The molecule has 0 N–H and O–H groups in total. The number of carbonyl (C=O) groups is 1. The van der Waals surface area contributed by atoms with Crippen LogP contribution < -0.4 is 0 Å². The molecule has 0 unspecified atom stereocenters. The number of amides is 1. The fourth-order valence-corrected chi connectivity index (χ4v) is 5.64. The summed E-state index contributed by atoms with van der Waals surface area (Å²) >= 11 is 1.61. The summed E-state index contributed by atoms with van der Waals surface area (Å²) in [5.41, 5.74) is 6.26. The van der Waals surface area contributed by atoms with Gasteiger partial charge in [-0.05, 0) is 49.2 Å². The molecular formula is C22H23N3OS. The molecule has 0 aliphatic carbocycles. The molecule has 1 aromatic heterocycles. The Morgan fingerprint density at radius 1 is 1.15 bits per heavy atom. The van der Waals surface area contributed by atoms with E-state index in [0.717, 1.165) is 35.4 Å². The van der Waals surface area contributed by atoms with E-state index < -0.39 is 0 Å². The van der Waals surface area contributed by atoms with Gasteiger partial charge in [0.2, 0.25) is 0 Å². The normalized spacial score (nSPS) is 25.3.